The molecule has 0 spiro atoms. The monoisotopic (exact) mass is 391 g/mol. The molecule has 1 saturated heterocycles. The molecule has 2 aliphatic rings. The van der Waals surface area contributed by atoms with E-state index in [4.69, 9.17) is 21.3 Å². The van der Waals surface area contributed by atoms with Gasteiger partial charge in [-0.2, -0.15) is 0 Å². The number of rotatable bonds is 4. The van der Waals surface area contributed by atoms with Gasteiger partial charge >= 0.3 is 0 Å². The molecule has 5 nitrogen and oxygen atoms in total. The molecule has 2 aromatic rings. The average molecular weight is 392 g/mol. The normalized spacial score (nSPS) is 19.9. The number of aryl methyl sites for hydroxylation is 1. The van der Waals surface area contributed by atoms with Crippen molar-refractivity contribution in [1.29, 1.82) is 0 Å². The van der Waals surface area contributed by atoms with Gasteiger partial charge in [-0.25, -0.2) is 4.98 Å². The molecule has 2 heterocycles. The van der Waals surface area contributed by atoms with Gasteiger partial charge in [-0.1, -0.05) is 23.7 Å². The van der Waals surface area contributed by atoms with Crippen LogP contribution in [0.4, 0.5) is 5.13 Å². The smallest absolute Gasteiger partial charge is 0.223 e. The topological polar surface area (TPSA) is 54.5 Å². The standard InChI is InChI=1S/C19H22ClN3O2S/c20-15-3-1-2-13(10-15)12-21-18(24)14-4-5-17-16(11-14)22-19(26-17)23-6-8-25-9-7-23/h1-3,10,14H,4-9,11-12H2,(H,21,24). The number of fused-ring (bicyclic) bond motifs is 1. The van der Waals surface area contributed by atoms with Crippen molar-refractivity contribution in [2.45, 2.75) is 25.8 Å². The van der Waals surface area contributed by atoms with Crippen LogP contribution in [-0.2, 0) is 28.9 Å². The Labute approximate surface area is 162 Å². The third-order valence-electron chi connectivity index (χ3n) is 4.93. The predicted molar refractivity (Wildman–Crippen MR) is 104 cm³/mol. The van der Waals surface area contributed by atoms with Gasteiger partial charge in [0.05, 0.1) is 18.9 Å². The zero-order valence-electron chi connectivity index (χ0n) is 14.5. The summed E-state index contributed by atoms with van der Waals surface area (Å²) in [5.41, 5.74) is 2.12. The van der Waals surface area contributed by atoms with Crippen molar-refractivity contribution in [3.63, 3.8) is 0 Å². The van der Waals surface area contributed by atoms with E-state index in [0.29, 0.717) is 11.6 Å². The molecule has 0 radical (unpaired) electrons. The maximum atomic E-state index is 12.6. The molecule has 1 atom stereocenters. The van der Waals surface area contributed by atoms with Crippen LogP contribution < -0.4 is 10.2 Å². The molecular formula is C19H22ClN3O2S. The highest BCUT2D eigenvalue weighted by Gasteiger charge is 2.28. The fourth-order valence-electron chi connectivity index (χ4n) is 3.46. The lowest BCUT2D eigenvalue weighted by Gasteiger charge is -2.26. The lowest BCUT2D eigenvalue weighted by Crippen LogP contribution is -2.36. The van der Waals surface area contributed by atoms with Crippen molar-refractivity contribution in [1.82, 2.24) is 10.3 Å². The number of hydrogen-bond donors (Lipinski definition) is 1. The number of morpholine rings is 1. The van der Waals surface area contributed by atoms with Crippen LogP contribution in [0.15, 0.2) is 24.3 Å². The van der Waals surface area contributed by atoms with E-state index in [2.05, 4.69) is 10.2 Å². The molecule has 1 unspecified atom stereocenters. The van der Waals surface area contributed by atoms with E-state index in [1.165, 1.54) is 4.88 Å². The number of carbonyl (C=O) groups is 1. The van der Waals surface area contributed by atoms with Gasteiger partial charge in [0.15, 0.2) is 5.13 Å². The minimum atomic E-state index is 0.00123. The summed E-state index contributed by atoms with van der Waals surface area (Å²) in [6.07, 6.45) is 2.56. The summed E-state index contributed by atoms with van der Waals surface area (Å²) < 4.78 is 5.42. The molecule has 1 aliphatic carbocycles. The molecule has 4 rings (SSSR count). The molecule has 1 N–H and O–H groups in total. The zero-order chi connectivity index (χ0) is 17.9. The van der Waals surface area contributed by atoms with E-state index < -0.39 is 0 Å². The molecule has 0 saturated carbocycles. The molecule has 7 heteroatoms. The summed E-state index contributed by atoms with van der Waals surface area (Å²) >= 11 is 7.78. The largest absolute Gasteiger partial charge is 0.378 e. The Morgan fingerprint density at radius 3 is 3.04 bits per heavy atom. The van der Waals surface area contributed by atoms with Crippen molar-refractivity contribution < 1.29 is 9.53 Å². The number of carbonyl (C=O) groups excluding carboxylic acids is 1. The molecule has 0 bridgehead atoms. The summed E-state index contributed by atoms with van der Waals surface area (Å²) in [5.74, 6) is 0.109. The van der Waals surface area contributed by atoms with Gasteiger partial charge in [0, 0.05) is 41.9 Å². The third kappa shape index (κ3) is 4.03. The Morgan fingerprint density at radius 1 is 1.38 bits per heavy atom. The third-order valence-corrected chi connectivity index (χ3v) is 6.39. The van der Waals surface area contributed by atoms with Crippen LogP contribution in [0.2, 0.25) is 5.02 Å². The molecule has 1 fully saturated rings. The molecule has 1 aromatic carbocycles. The highest BCUT2D eigenvalue weighted by atomic mass is 35.5. The van der Waals surface area contributed by atoms with Gasteiger partial charge in [-0.05, 0) is 30.5 Å². The second-order valence-electron chi connectivity index (χ2n) is 6.75. The van der Waals surface area contributed by atoms with Crippen molar-refractivity contribution >= 4 is 34.0 Å². The molecule has 1 aromatic heterocycles. The van der Waals surface area contributed by atoms with E-state index in [9.17, 15) is 4.79 Å². The van der Waals surface area contributed by atoms with Gasteiger partial charge in [-0.15, -0.1) is 11.3 Å². The summed E-state index contributed by atoms with van der Waals surface area (Å²) in [5, 5.41) is 4.82. The maximum Gasteiger partial charge on any atom is 0.223 e. The van der Waals surface area contributed by atoms with Crippen LogP contribution in [-0.4, -0.2) is 37.2 Å². The minimum absolute atomic E-state index is 0.00123. The van der Waals surface area contributed by atoms with Gasteiger partial charge in [-0.3, -0.25) is 4.79 Å². The fourth-order valence-corrected chi connectivity index (χ4v) is 4.83. The van der Waals surface area contributed by atoms with Crippen molar-refractivity contribution in [3.05, 3.63) is 45.4 Å². The Bertz CT molecular complexity index is 789. The highest BCUT2D eigenvalue weighted by molar-refractivity contribution is 7.15. The Morgan fingerprint density at radius 2 is 2.23 bits per heavy atom. The lowest BCUT2D eigenvalue weighted by molar-refractivity contribution is -0.125. The Hall–Kier alpha value is -1.63. The summed E-state index contributed by atoms with van der Waals surface area (Å²) in [7, 11) is 0. The predicted octanol–water partition coefficient (Wildman–Crippen LogP) is 3.05. The second kappa shape index (κ2) is 7.94. The fraction of sp³-hybridized carbons (Fsp3) is 0.474. The Balaban J connectivity index is 1.36. The molecule has 1 aliphatic heterocycles. The van der Waals surface area contributed by atoms with Gasteiger partial charge < -0.3 is 15.0 Å². The number of nitrogens with zero attached hydrogens (tertiary/aromatic N) is 2. The van der Waals surface area contributed by atoms with Crippen LogP contribution in [0.3, 0.4) is 0 Å². The lowest BCUT2D eigenvalue weighted by atomic mass is 9.90. The number of nitrogens with one attached hydrogen (secondary N) is 1. The summed E-state index contributed by atoms with van der Waals surface area (Å²) in [6, 6.07) is 7.60. The van der Waals surface area contributed by atoms with Crippen LogP contribution in [0, 0.1) is 5.92 Å². The first kappa shape index (κ1) is 17.8. The molecular weight excluding hydrogens is 370 g/mol. The van der Waals surface area contributed by atoms with Crippen molar-refractivity contribution in [3.8, 4) is 0 Å². The first-order valence-corrected chi connectivity index (χ1v) is 10.2. The van der Waals surface area contributed by atoms with Gasteiger partial charge in [0.2, 0.25) is 5.91 Å². The molecule has 26 heavy (non-hydrogen) atoms. The van der Waals surface area contributed by atoms with Crippen LogP contribution in [0.25, 0.3) is 0 Å². The van der Waals surface area contributed by atoms with Crippen LogP contribution in [0.1, 0.15) is 22.6 Å². The molecule has 1 amide bonds. The van der Waals surface area contributed by atoms with Gasteiger partial charge in [0.25, 0.3) is 0 Å². The number of halogens is 1. The number of anilines is 1. The van der Waals surface area contributed by atoms with Crippen LogP contribution in [0.5, 0.6) is 0 Å². The van der Waals surface area contributed by atoms with E-state index in [-0.39, 0.29) is 11.8 Å². The number of thiazole rings is 1. The van der Waals surface area contributed by atoms with Gasteiger partial charge in [0.1, 0.15) is 0 Å². The summed E-state index contributed by atoms with van der Waals surface area (Å²) in [4.78, 5) is 21.0. The number of amides is 1. The Kier molecular flexibility index (Phi) is 5.43. The van der Waals surface area contributed by atoms with Crippen molar-refractivity contribution in [2.75, 3.05) is 31.2 Å². The number of hydrogen-bond acceptors (Lipinski definition) is 5. The SMILES string of the molecule is O=C(NCc1cccc(Cl)c1)C1CCc2sc(N3CCOCC3)nc2C1. The maximum absolute atomic E-state index is 12.6. The first-order chi connectivity index (χ1) is 12.7. The zero-order valence-corrected chi connectivity index (χ0v) is 16.1. The second-order valence-corrected chi connectivity index (χ2v) is 8.25. The molecule has 138 valence electrons. The number of aromatic nitrogens is 1. The number of ether oxygens (including phenoxy) is 1. The van der Waals surface area contributed by atoms with E-state index in [0.717, 1.165) is 62.0 Å². The minimum Gasteiger partial charge on any atom is -0.378 e. The highest BCUT2D eigenvalue weighted by Crippen LogP contribution is 2.34. The van der Waals surface area contributed by atoms with Crippen molar-refractivity contribution in [2.24, 2.45) is 5.92 Å². The van der Waals surface area contributed by atoms with E-state index in [1.54, 1.807) is 11.3 Å². The van der Waals surface area contributed by atoms with Crippen LogP contribution >= 0.6 is 22.9 Å². The quantitative estimate of drug-likeness (QED) is 0.870. The summed E-state index contributed by atoms with van der Waals surface area (Å²) in [6.45, 7) is 3.84. The number of benzene rings is 1. The van der Waals surface area contributed by atoms with E-state index in [1.807, 2.05) is 24.3 Å². The van der Waals surface area contributed by atoms with E-state index >= 15 is 0 Å². The average Bonchev–Trinajstić information content (AvgIpc) is 3.10. The first-order valence-electron chi connectivity index (χ1n) is 9.02.